The summed E-state index contributed by atoms with van der Waals surface area (Å²) in [6, 6.07) is 1.73. The number of azo groups is 2. The van der Waals surface area contributed by atoms with Gasteiger partial charge < -0.3 is 10.6 Å². The van der Waals surface area contributed by atoms with Gasteiger partial charge in [-0.25, -0.2) is 0 Å². The summed E-state index contributed by atoms with van der Waals surface area (Å²) in [4.78, 5) is 0. The Morgan fingerprint density at radius 2 is 0.760 bits per heavy atom. The minimum Gasteiger partial charge on any atom is -0.712 e. The van der Waals surface area contributed by atoms with E-state index in [0.717, 1.165) is 57.3 Å². The van der Waals surface area contributed by atoms with Crippen molar-refractivity contribution in [2.24, 2.45) is 31.5 Å². The van der Waals surface area contributed by atoms with Crippen molar-refractivity contribution in [3.05, 3.63) is 5.53 Å². The molecular weight excluding hydrogens is 312 g/mol. The number of rotatable bonds is 5. The molecule has 6 nitrogen and oxygen atoms in total. The van der Waals surface area contributed by atoms with E-state index in [2.05, 4.69) is 32.5 Å². The van der Waals surface area contributed by atoms with Crippen LogP contribution in [0.15, 0.2) is 25.6 Å². The predicted molar refractivity (Wildman–Crippen MR) is 99.0 cm³/mol. The third-order valence-electron chi connectivity index (χ3n) is 6.27. The zero-order chi connectivity index (χ0) is 17.5. The zero-order valence-corrected chi connectivity index (χ0v) is 15.6. The highest BCUT2D eigenvalue weighted by Gasteiger charge is 2.23. The Labute approximate surface area is 151 Å². The minimum atomic E-state index is 0.125. The third-order valence-corrected chi connectivity index (χ3v) is 6.27. The van der Waals surface area contributed by atoms with Crippen LogP contribution in [0.2, 0.25) is 0 Å². The maximum absolute atomic E-state index is 8.83. The van der Waals surface area contributed by atoms with E-state index in [-0.39, 0.29) is 6.04 Å². The number of hydrogen-bond donors (Lipinski definition) is 0. The molecule has 0 unspecified atom stereocenters. The monoisotopic (exact) mass is 345 g/mol. The van der Waals surface area contributed by atoms with Gasteiger partial charge in [-0.05, 0) is 83.0 Å². The molecule has 0 bridgehead atoms. The van der Waals surface area contributed by atoms with Gasteiger partial charge in [0.1, 0.15) is 0 Å². The Bertz CT molecular complexity index is 453. The Morgan fingerprint density at radius 1 is 0.480 bits per heavy atom. The molecule has 0 atom stereocenters. The summed E-state index contributed by atoms with van der Waals surface area (Å²) in [5, 5.41) is 21.9. The number of nitrogens with zero attached hydrogens (tertiary/aromatic N) is 6. The van der Waals surface area contributed by atoms with Gasteiger partial charge in [-0.15, -0.1) is 0 Å². The SMILES string of the molecule is CC1CCC(N=NC2CCC(N=NC3CCC(N=[N-])CC3)CC2)CC1. The van der Waals surface area contributed by atoms with Crippen LogP contribution in [0, 0.1) is 5.92 Å². The molecular formula is C19H33N6-. The van der Waals surface area contributed by atoms with E-state index in [1.54, 1.807) is 0 Å². The van der Waals surface area contributed by atoms with E-state index in [4.69, 9.17) is 5.53 Å². The van der Waals surface area contributed by atoms with Crippen molar-refractivity contribution < 1.29 is 0 Å². The quantitative estimate of drug-likeness (QED) is 0.538. The summed E-state index contributed by atoms with van der Waals surface area (Å²) in [5.41, 5.74) is 8.83. The van der Waals surface area contributed by atoms with Gasteiger partial charge >= 0.3 is 0 Å². The minimum absolute atomic E-state index is 0.125. The normalized spacial score (nSPS) is 40.5. The van der Waals surface area contributed by atoms with Gasteiger partial charge in [0, 0.05) is 6.04 Å². The topological polar surface area (TPSA) is 84.1 Å². The Balaban J connectivity index is 1.34. The van der Waals surface area contributed by atoms with Crippen LogP contribution in [0.3, 0.4) is 0 Å². The molecule has 0 aromatic carbocycles. The lowest BCUT2D eigenvalue weighted by Gasteiger charge is -2.26. The summed E-state index contributed by atoms with van der Waals surface area (Å²) >= 11 is 0. The predicted octanol–water partition coefficient (Wildman–Crippen LogP) is 6.11. The first kappa shape index (κ1) is 18.6. The molecule has 0 heterocycles. The maximum atomic E-state index is 8.83. The Morgan fingerprint density at radius 3 is 1.08 bits per heavy atom. The lowest BCUT2D eigenvalue weighted by Crippen LogP contribution is -2.22. The Kier molecular flexibility index (Phi) is 7.05. The molecule has 0 amide bonds. The van der Waals surface area contributed by atoms with Gasteiger partial charge in [-0.1, -0.05) is 6.92 Å². The molecule has 0 radical (unpaired) electrons. The summed E-state index contributed by atoms with van der Waals surface area (Å²) in [5.74, 6) is 0.875. The summed E-state index contributed by atoms with van der Waals surface area (Å²) < 4.78 is 0. The van der Waals surface area contributed by atoms with Gasteiger partial charge in [-0.2, -0.15) is 20.5 Å². The molecule has 0 aliphatic heterocycles. The molecule has 140 valence electrons. The third kappa shape index (κ3) is 5.93. The largest absolute Gasteiger partial charge is 0.712 e. The molecule has 3 aliphatic rings. The lowest BCUT2D eigenvalue weighted by atomic mass is 9.88. The number of hydrogen-bond acceptors (Lipinski definition) is 5. The average Bonchev–Trinajstić information content (AvgIpc) is 2.67. The first-order valence-electron chi connectivity index (χ1n) is 10.4. The summed E-state index contributed by atoms with van der Waals surface area (Å²) in [6.45, 7) is 2.34. The summed E-state index contributed by atoms with van der Waals surface area (Å²) in [6.07, 6.45) is 13.3. The second-order valence-corrected chi connectivity index (χ2v) is 8.42. The van der Waals surface area contributed by atoms with Crippen LogP contribution in [0.5, 0.6) is 0 Å². The molecule has 3 saturated carbocycles. The molecule has 0 aromatic heterocycles. The smallest absolute Gasteiger partial charge is 0.0710 e. The van der Waals surface area contributed by atoms with Crippen LogP contribution in [0.4, 0.5) is 0 Å². The van der Waals surface area contributed by atoms with E-state index in [1.807, 2.05) is 0 Å². The van der Waals surface area contributed by atoms with Crippen LogP contribution in [-0.4, -0.2) is 30.2 Å². The lowest BCUT2D eigenvalue weighted by molar-refractivity contribution is 0.324. The maximum Gasteiger partial charge on any atom is 0.0710 e. The molecule has 0 N–H and O–H groups in total. The zero-order valence-electron chi connectivity index (χ0n) is 15.6. The van der Waals surface area contributed by atoms with E-state index < -0.39 is 0 Å². The molecule has 3 fully saturated rings. The summed E-state index contributed by atoms with van der Waals surface area (Å²) in [7, 11) is 0. The molecule has 3 rings (SSSR count). The van der Waals surface area contributed by atoms with E-state index >= 15 is 0 Å². The van der Waals surface area contributed by atoms with Crippen LogP contribution < -0.4 is 0 Å². The fraction of sp³-hybridized carbons (Fsp3) is 1.00. The van der Waals surface area contributed by atoms with Crippen molar-refractivity contribution in [2.45, 2.75) is 114 Å². The van der Waals surface area contributed by atoms with Crippen molar-refractivity contribution in [2.75, 3.05) is 0 Å². The van der Waals surface area contributed by atoms with E-state index in [1.165, 1.54) is 25.7 Å². The molecule has 3 aliphatic carbocycles. The van der Waals surface area contributed by atoms with Crippen molar-refractivity contribution >= 4 is 0 Å². The van der Waals surface area contributed by atoms with Crippen LogP contribution in [0.25, 0.3) is 5.53 Å². The van der Waals surface area contributed by atoms with Gasteiger partial charge in [0.25, 0.3) is 0 Å². The van der Waals surface area contributed by atoms with E-state index in [0.29, 0.717) is 24.2 Å². The average molecular weight is 346 g/mol. The van der Waals surface area contributed by atoms with E-state index in [9.17, 15) is 0 Å². The van der Waals surface area contributed by atoms with Gasteiger partial charge in [0.05, 0.1) is 24.2 Å². The van der Waals surface area contributed by atoms with Crippen molar-refractivity contribution in [1.82, 2.24) is 0 Å². The second kappa shape index (κ2) is 9.48. The molecule has 0 saturated heterocycles. The first-order chi connectivity index (χ1) is 12.2. The first-order valence-corrected chi connectivity index (χ1v) is 10.4. The van der Waals surface area contributed by atoms with Crippen molar-refractivity contribution in [1.29, 1.82) is 0 Å². The van der Waals surface area contributed by atoms with Gasteiger partial charge in [0.2, 0.25) is 0 Å². The van der Waals surface area contributed by atoms with Crippen LogP contribution >= 0.6 is 0 Å². The standard InChI is InChI=1S/C19H33N6/c1-14-2-4-16(5-3-14)22-24-18-10-12-19(13-11-18)25-23-17-8-6-15(21-20)7-9-17/h14-19H,2-13H2,1H3/q-1. The highest BCUT2D eigenvalue weighted by molar-refractivity contribution is 4.83. The van der Waals surface area contributed by atoms with Crippen LogP contribution in [-0.2, 0) is 0 Å². The second-order valence-electron chi connectivity index (χ2n) is 8.42. The van der Waals surface area contributed by atoms with Gasteiger partial charge in [0.15, 0.2) is 0 Å². The molecule has 0 aromatic rings. The molecule has 25 heavy (non-hydrogen) atoms. The highest BCUT2D eigenvalue weighted by atomic mass is 15.2. The fourth-order valence-electron chi connectivity index (χ4n) is 4.31. The fourth-order valence-corrected chi connectivity index (χ4v) is 4.31. The van der Waals surface area contributed by atoms with Crippen molar-refractivity contribution in [3.63, 3.8) is 0 Å². The van der Waals surface area contributed by atoms with Gasteiger partial charge in [-0.3, -0.25) is 0 Å². The molecule has 0 spiro atoms. The highest BCUT2D eigenvalue weighted by Crippen LogP contribution is 2.29. The molecule has 6 heteroatoms. The van der Waals surface area contributed by atoms with Crippen molar-refractivity contribution in [3.8, 4) is 0 Å². The Hall–Kier alpha value is -1.20. The van der Waals surface area contributed by atoms with Crippen LogP contribution in [0.1, 0.15) is 84.0 Å².